The average Bonchev–Trinajstić information content (AvgIpc) is 3.03. The number of amides is 1. The molecule has 2 N–H and O–H groups in total. The fourth-order valence-electron chi connectivity index (χ4n) is 2.48. The number of aromatic carboxylic acids is 1. The number of hydrogen-bond donors (Lipinski definition) is 2. The summed E-state index contributed by atoms with van der Waals surface area (Å²) < 4.78 is 1.47. The monoisotopic (exact) mass is 329 g/mol. The molecule has 1 aromatic carbocycles. The summed E-state index contributed by atoms with van der Waals surface area (Å²) >= 11 is 0. The van der Waals surface area contributed by atoms with E-state index in [1.807, 2.05) is 19.1 Å². The topological polar surface area (TPSA) is 84.2 Å². The van der Waals surface area contributed by atoms with Crippen LogP contribution in [-0.2, 0) is 17.8 Å². The van der Waals surface area contributed by atoms with E-state index in [0.717, 1.165) is 18.4 Å². The standard InChI is InChI=1S/C18H23N3O3/c1-3-4-14-5-7-15(8-6-14)13(2)19-17(22)10-12-21-11-9-16(20-21)18(23)24/h5-9,11,13H,3-4,10,12H2,1-2H3,(H,19,22)(H,23,24). The first-order valence-electron chi connectivity index (χ1n) is 8.14. The molecule has 2 aromatic rings. The van der Waals surface area contributed by atoms with Crippen molar-refractivity contribution in [2.45, 2.75) is 45.7 Å². The van der Waals surface area contributed by atoms with E-state index in [-0.39, 0.29) is 24.1 Å². The van der Waals surface area contributed by atoms with E-state index in [1.54, 1.807) is 6.20 Å². The summed E-state index contributed by atoms with van der Waals surface area (Å²) in [4.78, 5) is 22.8. The normalized spacial score (nSPS) is 11.9. The van der Waals surface area contributed by atoms with Gasteiger partial charge in [0.2, 0.25) is 5.91 Å². The SMILES string of the molecule is CCCc1ccc(C(C)NC(=O)CCn2ccc(C(=O)O)n2)cc1. The number of nitrogens with one attached hydrogen (secondary N) is 1. The molecule has 0 saturated carbocycles. The van der Waals surface area contributed by atoms with Crippen molar-refractivity contribution in [1.82, 2.24) is 15.1 Å². The first kappa shape index (κ1) is 17.7. The van der Waals surface area contributed by atoms with E-state index in [4.69, 9.17) is 5.11 Å². The number of rotatable bonds is 8. The molecule has 6 heteroatoms. The number of carbonyl (C=O) groups excluding carboxylic acids is 1. The second-order valence-electron chi connectivity index (χ2n) is 5.80. The molecular formula is C18H23N3O3. The van der Waals surface area contributed by atoms with Crippen LogP contribution in [0.4, 0.5) is 0 Å². The lowest BCUT2D eigenvalue weighted by Gasteiger charge is -2.15. The zero-order chi connectivity index (χ0) is 17.5. The predicted octanol–water partition coefficient (Wildman–Crippen LogP) is 2.80. The van der Waals surface area contributed by atoms with Crippen LogP contribution >= 0.6 is 0 Å². The molecule has 0 aliphatic rings. The number of carboxylic acids is 1. The highest BCUT2D eigenvalue weighted by Gasteiger charge is 2.11. The first-order chi connectivity index (χ1) is 11.5. The lowest BCUT2D eigenvalue weighted by atomic mass is 10.0. The molecule has 24 heavy (non-hydrogen) atoms. The lowest BCUT2D eigenvalue weighted by molar-refractivity contribution is -0.122. The molecule has 128 valence electrons. The Morgan fingerprint density at radius 1 is 1.25 bits per heavy atom. The number of hydrogen-bond acceptors (Lipinski definition) is 3. The van der Waals surface area contributed by atoms with Crippen molar-refractivity contribution >= 4 is 11.9 Å². The van der Waals surface area contributed by atoms with Crippen LogP contribution in [0.5, 0.6) is 0 Å². The van der Waals surface area contributed by atoms with Crippen LogP contribution < -0.4 is 5.32 Å². The molecule has 1 unspecified atom stereocenters. The third-order valence-corrected chi connectivity index (χ3v) is 3.82. The summed E-state index contributed by atoms with van der Waals surface area (Å²) in [6.07, 6.45) is 3.98. The highest BCUT2D eigenvalue weighted by Crippen LogP contribution is 2.14. The van der Waals surface area contributed by atoms with Gasteiger partial charge >= 0.3 is 5.97 Å². The van der Waals surface area contributed by atoms with Gasteiger partial charge in [0, 0.05) is 19.2 Å². The Bertz CT molecular complexity index is 692. The predicted molar refractivity (Wildman–Crippen MR) is 90.8 cm³/mol. The summed E-state index contributed by atoms with van der Waals surface area (Å²) in [5.41, 5.74) is 2.35. The highest BCUT2D eigenvalue weighted by atomic mass is 16.4. The van der Waals surface area contributed by atoms with Crippen LogP contribution in [0.15, 0.2) is 36.5 Å². The summed E-state index contributed by atoms with van der Waals surface area (Å²) in [7, 11) is 0. The summed E-state index contributed by atoms with van der Waals surface area (Å²) in [5.74, 6) is -1.16. The van der Waals surface area contributed by atoms with Crippen molar-refractivity contribution in [1.29, 1.82) is 0 Å². The Labute approximate surface area is 141 Å². The van der Waals surface area contributed by atoms with Crippen molar-refractivity contribution in [2.24, 2.45) is 0 Å². The van der Waals surface area contributed by atoms with Gasteiger partial charge in [-0.2, -0.15) is 5.10 Å². The number of nitrogens with zero attached hydrogens (tertiary/aromatic N) is 2. The molecule has 0 aliphatic heterocycles. The molecule has 1 atom stereocenters. The van der Waals surface area contributed by atoms with Gasteiger partial charge in [0.15, 0.2) is 5.69 Å². The van der Waals surface area contributed by atoms with Crippen molar-refractivity contribution in [3.63, 3.8) is 0 Å². The van der Waals surface area contributed by atoms with Crippen LogP contribution in [-0.4, -0.2) is 26.8 Å². The van der Waals surface area contributed by atoms with Crippen LogP contribution in [0.1, 0.15) is 54.3 Å². The van der Waals surface area contributed by atoms with Crippen molar-refractivity contribution in [3.05, 3.63) is 53.3 Å². The molecule has 0 spiro atoms. The minimum Gasteiger partial charge on any atom is -0.476 e. The smallest absolute Gasteiger partial charge is 0.356 e. The number of benzene rings is 1. The Morgan fingerprint density at radius 3 is 2.54 bits per heavy atom. The van der Waals surface area contributed by atoms with Gasteiger partial charge in [-0.05, 0) is 30.5 Å². The van der Waals surface area contributed by atoms with Gasteiger partial charge in [-0.1, -0.05) is 37.6 Å². The van der Waals surface area contributed by atoms with Gasteiger partial charge in [-0.25, -0.2) is 4.79 Å². The molecule has 0 saturated heterocycles. The lowest BCUT2D eigenvalue weighted by Crippen LogP contribution is -2.27. The van der Waals surface area contributed by atoms with Crippen LogP contribution in [0.3, 0.4) is 0 Å². The van der Waals surface area contributed by atoms with Gasteiger partial charge in [0.25, 0.3) is 0 Å². The Kier molecular flexibility index (Phi) is 6.12. The summed E-state index contributed by atoms with van der Waals surface area (Å²) in [6.45, 7) is 4.44. The number of aromatic nitrogens is 2. The maximum Gasteiger partial charge on any atom is 0.356 e. The second kappa shape index (κ2) is 8.29. The number of aryl methyl sites for hydroxylation is 2. The summed E-state index contributed by atoms with van der Waals surface area (Å²) in [6, 6.07) is 9.63. The second-order valence-corrected chi connectivity index (χ2v) is 5.80. The largest absolute Gasteiger partial charge is 0.476 e. The van der Waals surface area contributed by atoms with Crippen LogP contribution in [0.25, 0.3) is 0 Å². The van der Waals surface area contributed by atoms with E-state index in [2.05, 4.69) is 29.5 Å². The van der Waals surface area contributed by atoms with Gasteiger partial charge in [-0.15, -0.1) is 0 Å². The maximum absolute atomic E-state index is 12.0. The Hall–Kier alpha value is -2.63. The first-order valence-corrected chi connectivity index (χ1v) is 8.14. The molecular weight excluding hydrogens is 306 g/mol. The molecule has 6 nitrogen and oxygen atoms in total. The summed E-state index contributed by atoms with van der Waals surface area (Å²) in [5, 5.41) is 15.7. The van der Waals surface area contributed by atoms with Crippen LogP contribution in [0.2, 0.25) is 0 Å². The molecule has 0 aliphatic carbocycles. The molecule has 0 bridgehead atoms. The van der Waals surface area contributed by atoms with Gasteiger partial charge in [-0.3, -0.25) is 9.48 Å². The Morgan fingerprint density at radius 2 is 1.96 bits per heavy atom. The number of carbonyl (C=O) groups is 2. The molecule has 0 radical (unpaired) electrons. The zero-order valence-corrected chi connectivity index (χ0v) is 14.0. The Balaban J connectivity index is 1.83. The molecule has 1 aromatic heterocycles. The van der Waals surface area contributed by atoms with E-state index < -0.39 is 5.97 Å². The molecule has 2 rings (SSSR count). The third-order valence-electron chi connectivity index (χ3n) is 3.82. The van der Waals surface area contributed by atoms with Crippen LogP contribution in [0, 0.1) is 0 Å². The van der Waals surface area contributed by atoms with Gasteiger partial charge in [0.1, 0.15) is 0 Å². The zero-order valence-electron chi connectivity index (χ0n) is 14.0. The maximum atomic E-state index is 12.0. The molecule has 1 amide bonds. The highest BCUT2D eigenvalue weighted by molar-refractivity contribution is 5.85. The minimum atomic E-state index is -1.07. The van der Waals surface area contributed by atoms with Crippen molar-refractivity contribution in [3.8, 4) is 0 Å². The van der Waals surface area contributed by atoms with Gasteiger partial charge in [0.05, 0.1) is 6.04 Å². The van der Waals surface area contributed by atoms with Gasteiger partial charge < -0.3 is 10.4 Å². The fourth-order valence-corrected chi connectivity index (χ4v) is 2.48. The van der Waals surface area contributed by atoms with E-state index in [1.165, 1.54) is 16.3 Å². The van der Waals surface area contributed by atoms with E-state index >= 15 is 0 Å². The number of carboxylic acid groups (broad SMARTS) is 1. The average molecular weight is 329 g/mol. The minimum absolute atomic E-state index is 0.0176. The van der Waals surface area contributed by atoms with Crippen molar-refractivity contribution in [2.75, 3.05) is 0 Å². The fraction of sp³-hybridized carbons (Fsp3) is 0.389. The van der Waals surface area contributed by atoms with E-state index in [9.17, 15) is 9.59 Å². The quantitative estimate of drug-likeness (QED) is 0.780. The third kappa shape index (κ3) is 4.94. The van der Waals surface area contributed by atoms with Crippen molar-refractivity contribution < 1.29 is 14.7 Å². The molecule has 0 fully saturated rings. The van der Waals surface area contributed by atoms with E-state index in [0.29, 0.717) is 6.54 Å². The molecule has 1 heterocycles.